The summed E-state index contributed by atoms with van der Waals surface area (Å²) in [6.45, 7) is 2.22. The number of thiocarbonyl (C=S) groups is 2. The molecule has 100 valence electrons. The minimum absolute atomic E-state index is 0.0887. The van der Waals surface area contributed by atoms with Gasteiger partial charge in [-0.15, -0.1) is 11.3 Å². The van der Waals surface area contributed by atoms with E-state index in [1.165, 1.54) is 41.8 Å². The number of hydrogen-bond acceptors (Lipinski definition) is 3. The normalized spacial score (nSPS) is 28.8. The van der Waals surface area contributed by atoms with E-state index in [1.807, 2.05) is 11.3 Å². The summed E-state index contributed by atoms with van der Waals surface area (Å²) in [4.78, 5) is 5.89. The van der Waals surface area contributed by atoms with Gasteiger partial charge in [-0.05, 0) is 44.6 Å². The molecule has 1 aromatic rings. The molecule has 1 N–H and O–H groups in total. The summed E-state index contributed by atoms with van der Waals surface area (Å²) in [7, 11) is 0. The molecule has 1 atom stereocenters. The van der Waals surface area contributed by atoms with Crippen molar-refractivity contribution in [1.82, 2.24) is 5.32 Å². The fraction of sp³-hybridized carbons (Fsp3) is 0.571. The molecule has 3 aliphatic rings. The highest BCUT2D eigenvalue weighted by atomic mass is 32.1. The van der Waals surface area contributed by atoms with E-state index in [1.54, 1.807) is 4.88 Å². The smallest absolute Gasteiger partial charge is 0.114 e. The van der Waals surface area contributed by atoms with Gasteiger partial charge < -0.3 is 10.2 Å². The largest absolute Gasteiger partial charge is 0.353 e. The fourth-order valence-corrected chi connectivity index (χ4v) is 6.05. The lowest BCUT2D eigenvalue weighted by Gasteiger charge is -2.42. The first kappa shape index (κ1) is 12.2. The van der Waals surface area contributed by atoms with Gasteiger partial charge in [0, 0.05) is 16.9 Å². The van der Waals surface area contributed by atoms with Crippen molar-refractivity contribution in [2.45, 2.75) is 51.1 Å². The van der Waals surface area contributed by atoms with Gasteiger partial charge in [-0.2, -0.15) is 0 Å². The molecule has 0 spiro atoms. The third-order valence-corrected chi connectivity index (χ3v) is 6.50. The molecule has 0 radical (unpaired) electrons. The second-order valence-electron chi connectivity index (χ2n) is 5.85. The Kier molecular flexibility index (Phi) is 2.57. The molecule has 3 heterocycles. The van der Waals surface area contributed by atoms with Crippen LogP contribution >= 0.6 is 35.8 Å². The van der Waals surface area contributed by atoms with Gasteiger partial charge in [-0.3, -0.25) is 0 Å². The summed E-state index contributed by atoms with van der Waals surface area (Å²) in [6.07, 6.45) is 7.04. The maximum absolute atomic E-state index is 5.66. The molecule has 1 unspecified atom stereocenters. The van der Waals surface area contributed by atoms with Crippen LogP contribution in [-0.2, 0) is 12.8 Å². The summed E-state index contributed by atoms with van der Waals surface area (Å²) < 4.78 is 0. The van der Waals surface area contributed by atoms with Gasteiger partial charge in [0.2, 0.25) is 0 Å². The maximum Gasteiger partial charge on any atom is 0.114 e. The van der Waals surface area contributed by atoms with Gasteiger partial charge in [0.15, 0.2) is 0 Å². The van der Waals surface area contributed by atoms with Gasteiger partial charge in [-0.1, -0.05) is 24.4 Å². The highest BCUT2D eigenvalue weighted by Gasteiger charge is 2.47. The quantitative estimate of drug-likeness (QED) is 0.737. The first-order valence-corrected chi connectivity index (χ1v) is 8.53. The van der Waals surface area contributed by atoms with Crippen molar-refractivity contribution in [2.24, 2.45) is 0 Å². The number of hydrogen-bond donors (Lipinski definition) is 1. The Hall–Kier alpha value is -0.520. The molecule has 1 aromatic heterocycles. The van der Waals surface area contributed by atoms with Crippen LogP contribution in [-0.4, -0.2) is 15.6 Å². The topological polar surface area (TPSA) is 15.3 Å². The van der Waals surface area contributed by atoms with Crippen LogP contribution in [0.25, 0.3) is 0 Å². The van der Waals surface area contributed by atoms with Crippen LogP contribution in [0.3, 0.4) is 0 Å². The first-order valence-electron chi connectivity index (χ1n) is 6.90. The van der Waals surface area contributed by atoms with E-state index >= 15 is 0 Å². The minimum atomic E-state index is -0.0887. The molecule has 1 fully saturated rings. The molecule has 2 nitrogen and oxygen atoms in total. The van der Waals surface area contributed by atoms with E-state index < -0.39 is 0 Å². The van der Waals surface area contributed by atoms with Crippen LogP contribution in [0.1, 0.15) is 48.6 Å². The van der Waals surface area contributed by atoms with E-state index in [2.05, 4.69) is 17.1 Å². The molecular formula is C14H16N2S3. The number of thiophene rings is 1. The molecule has 0 aromatic carbocycles. The summed E-state index contributed by atoms with van der Waals surface area (Å²) in [5.41, 5.74) is 2.70. The van der Waals surface area contributed by atoms with Crippen molar-refractivity contribution in [3.8, 4) is 0 Å². The Labute approximate surface area is 128 Å². The molecule has 5 heteroatoms. The highest BCUT2D eigenvalue weighted by Crippen LogP contribution is 2.48. The molecule has 1 aliphatic carbocycles. The van der Waals surface area contributed by atoms with Gasteiger partial charge in [0.05, 0.1) is 4.99 Å². The van der Waals surface area contributed by atoms with E-state index in [4.69, 9.17) is 24.4 Å². The monoisotopic (exact) mass is 308 g/mol. The zero-order valence-corrected chi connectivity index (χ0v) is 13.4. The summed E-state index contributed by atoms with van der Waals surface area (Å²) in [5, 5.41) is 4.87. The molecule has 0 amide bonds. The minimum Gasteiger partial charge on any atom is -0.353 e. The Balaban J connectivity index is 1.94. The number of nitrogens with one attached hydrogen (secondary N) is 1. The molecule has 1 saturated heterocycles. The van der Waals surface area contributed by atoms with Crippen molar-refractivity contribution in [1.29, 1.82) is 0 Å². The SMILES string of the molecule is CC12CCC(=S)N1c1sc3c(c1C(=S)N2)CCCC3. The number of fused-ring (bicyclic) bond motifs is 5. The molecule has 4 rings (SSSR count). The van der Waals surface area contributed by atoms with Gasteiger partial charge in [0.1, 0.15) is 15.7 Å². The Morgan fingerprint density at radius 1 is 1.21 bits per heavy atom. The van der Waals surface area contributed by atoms with Crippen molar-refractivity contribution < 1.29 is 0 Å². The molecule has 0 bridgehead atoms. The first-order chi connectivity index (χ1) is 9.10. The molecule has 2 aliphatic heterocycles. The predicted molar refractivity (Wildman–Crippen MR) is 88.5 cm³/mol. The van der Waals surface area contributed by atoms with Crippen LogP contribution in [0.4, 0.5) is 5.00 Å². The maximum atomic E-state index is 5.66. The van der Waals surface area contributed by atoms with Gasteiger partial charge in [0.25, 0.3) is 0 Å². The Morgan fingerprint density at radius 2 is 2.00 bits per heavy atom. The average molecular weight is 308 g/mol. The molecule has 19 heavy (non-hydrogen) atoms. The van der Waals surface area contributed by atoms with Crippen molar-refractivity contribution >= 4 is 50.8 Å². The summed E-state index contributed by atoms with van der Waals surface area (Å²) >= 11 is 13.2. The Bertz CT molecular complexity index is 604. The second-order valence-corrected chi connectivity index (χ2v) is 7.81. The van der Waals surface area contributed by atoms with Crippen molar-refractivity contribution in [3.05, 3.63) is 16.0 Å². The van der Waals surface area contributed by atoms with E-state index in [0.717, 1.165) is 22.8 Å². The lowest BCUT2D eigenvalue weighted by molar-refractivity contribution is 0.439. The lowest BCUT2D eigenvalue weighted by Crippen LogP contribution is -2.59. The van der Waals surface area contributed by atoms with Gasteiger partial charge in [-0.25, -0.2) is 0 Å². The zero-order valence-electron chi connectivity index (χ0n) is 10.9. The second kappa shape index (κ2) is 3.99. The number of aryl methyl sites for hydroxylation is 1. The van der Waals surface area contributed by atoms with Crippen LogP contribution < -0.4 is 10.2 Å². The third kappa shape index (κ3) is 1.58. The summed E-state index contributed by atoms with van der Waals surface area (Å²) in [6, 6.07) is 0. The van der Waals surface area contributed by atoms with E-state index in [9.17, 15) is 0 Å². The van der Waals surface area contributed by atoms with Crippen LogP contribution in [0.2, 0.25) is 0 Å². The van der Waals surface area contributed by atoms with Gasteiger partial charge >= 0.3 is 0 Å². The highest BCUT2D eigenvalue weighted by molar-refractivity contribution is 7.81. The van der Waals surface area contributed by atoms with Crippen molar-refractivity contribution in [2.75, 3.05) is 4.90 Å². The number of anilines is 1. The van der Waals surface area contributed by atoms with Crippen LogP contribution in [0, 0.1) is 0 Å². The van der Waals surface area contributed by atoms with E-state index in [-0.39, 0.29) is 5.66 Å². The molecule has 0 saturated carbocycles. The van der Waals surface area contributed by atoms with Crippen LogP contribution in [0.5, 0.6) is 0 Å². The van der Waals surface area contributed by atoms with Crippen LogP contribution in [0.15, 0.2) is 0 Å². The van der Waals surface area contributed by atoms with E-state index in [0.29, 0.717) is 0 Å². The zero-order chi connectivity index (χ0) is 13.2. The standard InChI is InChI=1S/C14H16N2S3/c1-14-7-6-10(17)16(14)13-11(12(18)15-14)8-4-2-3-5-9(8)19-13/h2-7H2,1H3,(H,15,18). The number of nitrogens with zero attached hydrogens (tertiary/aromatic N) is 1. The summed E-state index contributed by atoms with van der Waals surface area (Å²) in [5.74, 6) is 0. The lowest BCUT2D eigenvalue weighted by atomic mass is 9.94. The fourth-order valence-electron chi connectivity index (χ4n) is 3.56. The third-order valence-electron chi connectivity index (χ3n) is 4.53. The Morgan fingerprint density at radius 3 is 2.84 bits per heavy atom. The van der Waals surface area contributed by atoms with Crippen molar-refractivity contribution in [3.63, 3.8) is 0 Å². The number of rotatable bonds is 0. The molecular weight excluding hydrogens is 292 g/mol. The average Bonchev–Trinajstić information content (AvgIpc) is 2.87. The predicted octanol–water partition coefficient (Wildman–Crippen LogP) is 3.55.